The Labute approximate surface area is 170 Å². The van der Waals surface area contributed by atoms with E-state index in [1.54, 1.807) is 25.1 Å². The molecule has 0 radical (unpaired) electrons. The summed E-state index contributed by atoms with van der Waals surface area (Å²) in [5.41, 5.74) is 0.677. The van der Waals surface area contributed by atoms with Gasteiger partial charge in [-0.3, -0.25) is 15.0 Å². The van der Waals surface area contributed by atoms with Crippen molar-refractivity contribution in [3.8, 4) is 0 Å². The number of rotatable bonds is 5. The molecule has 146 valence electrons. The van der Waals surface area contributed by atoms with Crippen LogP contribution in [-0.2, 0) is 14.8 Å². The van der Waals surface area contributed by atoms with Crippen molar-refractivity contribution in [1.82, 2.24) is 14.4 Å². The fourth-order valence-corrected chi connectivity index (χ4v) is 5.19. The number of nitrogens with zero attached hydrogens (tertiary/aromatic N) is 3. The van der Waals surface area contributed by atoms with Gasteiger partial charge < -0.3 is 4.52 Å². The Bertz CT molecular complexity index is 942. The molecule has 0 spiro atoms. The first kappa shape index (κ1) is 20.3. The molecule has 0 unspecified atom stereocenters. The molecular weight excluding hydrogens is 460 g/mol. The second-order valence-corrected chi connectivity index (χ2v) is 9.36. The van der Waals surface area contributed by atoms with Crippen molar-refractivity contribution in [1.29, 1.82) is 0 Å². The Morgan fingerprint density at radius 3 is 2.59 bits per heavy atom. The Balaban J connectivity index is 1.57. The van der Waals surface area contributed by atoms with Crippen molar-refractivity contribution in [3.05, 3.63) is 39.5 Å². The van der Waals surface area contributed by atoms with Gasteiger partial charge in [-0.05, 0) is 25.1 Å². The summed E-state index contributed by atoms with van der Waals surface area (Å²) >= 11 is 9.36. The van der Waals surface area contributed by atoms with Crippen molar-refractivity contribution >= 4 is 49.3 Å². The first-order valence-corrected chi connectivity index (χ1v) is 10.8. The summed E-state index contributed by atoms with van der Waals surface area (Å²) in [6.45, 7) is 3.35. The summed E-state index contributed by atoms with van der Waals surface area (Å²) in [6, 6.07) is 6.32. The number of hydrogen-bond donors (Lipinski definition) is 1. The number of carbonyl (C=O) groups is 1. The number of halogens is 2. The van der Waals surface area contributed by atoms with E-state index in [0.717, 1.165) is 0 Å². The highest BCUT2D eigenvalue weighted by molar-refractivity contribution is 9.10. The number of carbonyl (C=O) groups excluding carboxylic acids is 1. The highest BCUT2D eigenvalue weighted by Gasteiger charge is 2.30. The molecule has 2 aromatic rings. The molecule has 1 saturated heterocycles. The molecule has 3 rings (SSSR count). The maximum atomic E-state index is 12.8. The van der Waals surface area contributed by atoms with Crippen molar-refractivity contribution in [2.45, 2.75) is 11.8 Å². The van der Waals surface area contributed by atoms with Gasteiger partial charge in [0.25, 0.3) is 0 Å². The van der Waals surface area contributed by atoms with E-state index in [2.05, 4.69) is 26.4 Å². The average molecular weight is 478 g/mol. The molecule has 1 amide bonds. The number of aryl methyl sites for hydroxylation is 1. The minimum absolute atomic E-state index is 0.0826. The minimum atomic E-state index is -3.68. The van der Waals surface area contributed by atoms with E-state index in [-0.39, 0.29) is 35.5 Å². The summed E-state index contributed by atoms with van der Waals surface area (Å²) in [6.07, 6.45) is 0. The Morgan fingerprint density at radius 1 is 1.30 bits per heavy atom. The van der Waals surface area contributed by atoms with Gasteiger partial charge in [0.2, 0.25) is 21.8 Å². The van der Waals surface area contributed by atoms with E-state index < -0.39 is 10.0 Å². The fraction of sp³-hybridized carbons (Fsp3) is 0.375. The van der Waals surface area contributed by atoms with Gasteiger partial charge in [0.15, 0.2) is 0 Å². The highest BCUT2D eigenvalue weighted by Crippen LogP contribution is 2.28. The fourth-order valence-electron chi connectivity index (χ4n) is 2.75. The molecule has 27 heavy (non-hydrogen) atoms. The molecule has 0 aliphatic carbocycles. The molecule has 1 aromatic heterocycles. The van der Waals surface area contributed by atoms with E-state index >= 15 is 0 Å². The minimum Gasteiger partial charge on any atom is -0.338 e. The topological polar surface area (TPSA) is 95.8 Å². The SMILES string of the molecule is Cc1cc(NC(=O)CN2CCN(S(=O)(=O)c3ccc(Br)cc3Cl)CC2)on1. The van der Waals surface area contributed by atoms with Crippen LogP contribution in [0.3, 0.4) is 0 Å². The predicted molar refractivity (Wildman–Crippen MR) is 104 cm³/mol. The Hall–Kier alpha value is -1.46. The third-order valence-corrected chi connectivity index (χ3v) is 6.98. The van der Waals surface area contributed by atoms with E-state index in [9.17, 15) is 13.2 Å². The van der Waals surface area contributed by atoms with Crippen LogP contribution in [0.1, 0.15) is 5.69 Å². The summed E-state index contributed by atoms with van der Waals surface area (Å²) in [4.78, 5) is 14.0. The lowest BCUT2D eigenvalue weighted by molar-refractivity contribution is -0.117. The molecule has 8 nitrogen and oxygen atoms in total. The van der Waals surface area contributed by atoms with Gasteiger partial charge in [0, 0.05) is 36.7 Å². The average Bonchev–Trinajstić information content (AvgIpc) is 2.99. The largest absolute Gasteiger partial charge is 0.338 e. The third kappa shape index (κ3) is 4.88. The number of piperazine rings is 1. The number of amides is 1. The lowest BCUT2D eigenvalue weighted by Crippen LogP contribution is -2.50. The zero-order chi connectivity index (χ0) is 19.6. The van der Waals surface area contributed by atoms with Crippen molar-refractivity contribution in [2.75, 3.05) is 38.0 Å². The van der Waals surface area contributed by atoms with Gasteiger partial charge in [-0.25, -0.2) is 8.42 Å². The summed E-state index contributed by atoms with van der Waals surface area (Å²) in [5.74, 6) is 0.0574. The van der Waals surface area contributed by atoms with Gasteiger partial charge in [-0.15, -0.1) is 0 Å². The molecule has 1 fully saturated rings. The zero-order valence-corrected chi connectivity index (χ0v) is 17.6. The van der Waals surface area contributed by atoms with Gasteiger partial charge in [-0.1, -0.05) is 32.7 Å². The number of nitrogens with one attached hydrogen (secondary N) is 1. The van der Waals surface area contributed by atoms with Crippen LogP contribution >= 0.6 is 27.5 Å². The molecular formula is C16H18BrClN4O4S. The summed E-state index contributed by atoms with van der Waals surface area (Å²) in [5, 5.41) is 6.51. The smallest absolute Gasteiger partial charge is 0.244 e. The van der Waals surface area contributed by atoms with Crippen LogP contribution in [0.25, 0.3) is 0 Å². The monoisotopic (exact) mass is 476 g/mol. The second kappa shape index (κ2) is 8.27. The standard InChI is InChI=1S/C16H18BrClN4O4S/c1-11-8-16(26-20-11)19-15(23)10-21-4-6-22(7-5-21)27(24,25)14-3-2-12(17)9-13(14)18/h2-3,8-9H,4-7,10H2,1H3,(H,19,23). The van der Waals surface area contributed by atoms with Gasteiger partial charge in [0.1, 0.15) is 4.90 Å². The number of anilines is 1. The molecule has 1 aliphatic rings. The molecule has 2 heterocycles. The van der Waals surface area contributed by atoms with Crippen LogP contribution in [0.5, 0.6) is 0 Å². The molecule has 1 N–H and O–H groups in total. The van der Waals surface area contributed by atoms with Crippen LogP contribution < -0.4 is 5.32 Å². The molecule has 1 aliphatic heterocycles. The van der Waals surface area contributed by atoms with Crippen molar-refractivity contribution < 1.29 is 17.7 Å². The Kier molecular flexibility index (Phi) is 6.21. The lowest BCUT2D eigenvalue weighted by atomic mass is 10.3. The van der Waals surface area contributed by atoms with E-state index in [1.165, 1.54) is 10.4 Å². The maximum absolute atomic E-state index is 12.8. The lowest BCUT2D eigenvalue weighted by Gasteiger charge is -2.33. The van der Waals surface area contributed by atoms with Crippen molar-refractivity contribution in [2.24, 2.45) is 0 Å². The van der Waals surface area contributed by atoms with Gasteiger partial charge >= 0.3 is 0 Å². The van der Waals surface area contributed by atoms with E-state index in [1.807, 2.05) is 4.90 Å². The normalized spacial score (nSPS) is 16.4. The maximum Gasteiger partial charge on any atom is 0.244 e. The van der Waals surface area contributed by atoms with Crippen LogP contribution in [0.2, 0.25) is 5.02 Å². The van der Waals surface area contributed by atoms with Crippen LogP contribution in [0.4, 0.5) is 5.88 Å². The van der Waals surface area contributed by atoms with Crippen LogP contribution in [0, 0.1) is 6.92 Å². The molecule has 11 heteroatoms. The van der Waals surface area contributed by atoms with Gasteiger partial charge in [0.05, 0.1) is 17.3 Å². The molecule has 0 saturated carbocycles. The molecule has 1 aromatic carbocycles. The Morgan fingerprint density at radius 2 is 2.00 bits per heavy atom. The highest BCUT2D eigenvalue weighted by atomic mass is 79.9. The van der Waals surface area contributed by atoms with E-state index in [0.29, 0.717) is 29.1 Å². The first-order valence-electron chi connectivity index (χ1n) is 8.16. The van der Waals surface area contributed by atoms with Gasteiger partial charge in [-0.2, -0.15) is 4.31 Å². The summed E-state index contributed by atoms with van der Waals surface area (Å²) in [7, 11) is -3.68. The third-order valence-electron chi connectivity index (χ3n) is 4.10. The molecule has 0 bridgehead atoms. The van der Waals surface area contributed by atoms with Crippen LogP contribution in [0.15, 0.2) is 38.2 Å². The first-order chi connectivity index (χ1) is 12.8. The summed E-state index contributed by atoms with van der Waals surface area (Å²) < 4.78 is 32.6. The number of benzene rings is 1. The number of sulfonamides is 1. The van der Waals surface area contributed by atoms with Crippen LogP contribution in [-0.4, -0.2) is 61.4 Å². The zero-order valence-electron chi connectivity index (χ0n) is 14.5. The number of hydrogen-bond acceptors (Lipinski definition) is 6. The predicted octanol–water partition coefficient (Wildman–Crippen LogP) is 2.34. The second-order valence-electron chi connectivity index (χ2n) is 6.14. The molecule has 0 atom stereocenters. The number of aromatic nitrogens is 1. The van der Waals surface area contributed by atoms with Crippen molar-refractivity contribution in [3.63, 3.8) is 0 Å². The quantitative estimate of drug-likeness (QED) is 0.710. The van der Waals surface area contributed by atoms with E-state index in [4.69, 9.17) is 16.1 Å².